The van der Waals surface area contributed by atoms with Gasteiger partial charge in [-0.1, -0.05) is 32.1 Å². The van der Waals surface area contributed by atoms with Crippen LogP contribution in [0.2, 0.25) is 0 Å². The molecule has 0 N–H and O–H groups in total. The minimum atomic E-state index is -0.752. The zero-order chi connectivity index (χ0) is 32.7. The fraction of sp³-hybridized carbons (Fsp3) is 0.676. The predicted octanol–water partition coefficient (Wildman–Crippen LogP) is 5.12. The van der Waals surface area contributed by atoms with Crippen molar-refractivity contribution in [2.45, 2.75) is 96.3 Å². The van der Waals surface area contributed by atoms with E-state index in [4.69, 9.17) is 0 Å². The normalized spacial score (nSPS) is 25.4. The van der Waals surface area contributed by atoms with Gasteiger partial charge < -0.3 is 14.7 Å². The molecular formula is C34H50F2N4O3S. The predicted molar refractivity (Wildman–Crippen MR) is 172 cm³/mol. The number of allylic oxidation sites excluding steroid dienone is 1. The fourth-order valence-corrected chi connectivity index (χ4v) is 7.19. The number of carbonyl (C=O) groups is 3. The Kier molecular flexibility index (Phi) is 10.3. The number of carbonyl (C=O) groups excluding carboxylic acids is 3. The molecule has 2 saturated heterocycles. The minimum absolute atomic E-state index is 0.0219. The average Bonchev–Trinajstić information content (AvgIpc) is 3.59. The lowest BCUT2D eigenvalue weighted by Crippen LogP contribution is -2.54. The standard InChI is InChI=1S/C34H50F2N4O3S/c1-21-9-12-23(13-10-21)40(32(43)34(5,6)20-44)24-16-29(31(42)37(7)8)39(17-24)30(41)27-19-38(33(2,3)4)18-26(27)25-14-11-22(35)15-28(25)36/h11,14-15,23-24,26-27,29,44H,1,9-10,12-13,16-20H2,2-8H3/t24-,26+,27?,29-/m0/s1. The molecule has 1 unspecified atom stereocenters. The second kappa shape index (κ2) is 13.1. The Morgan fingerprint density at radius 2 is 1.64 bits per heavy atom. The molecule has 0 aromatic heterocycles. The third kappa shape index (κ3) is 7.01. The highest BCUT2D eigenvalue weighted by Crippen LogP contribution is 2.41. The number of likely N-dealkylation sites (N-methyl/N-ethyl adjacent to an activating group) is 1. The first kappa shape index (κ1) is 34.4. The van der Waals surface area contributed by atoms with Crippen LogP contribution in [0.25, 0.3) is 0 Å². The smallest absolute Gasteiger partial charge is 0.244 e. The van der Waals surface area contributed by atoms with Crippen LogP contribution in [0.1, 0.15) is 78.2 Å². The van der Waals surface area contributed by atoms with E-state index >= 15 is 4.39 Å². The summed E-state index contributed by atoms with van der Waals surface area (Å²) in [6.07, 6.45) is 3.58. The molecule has 4 atom stereocenters. The summed E-state index contributed by atoms with van der Waals surface area (Å²) in [6.45, 7) is 15.1. The maximum Gasteiger partial charge on any atom is 0.244 e. The highest BCUT2D eigenvalue weighted by Gasteiger charge is 2.51. The first-order valence-electron chi connectivity index (χ1n) is 15.8. The summed E-state index contributed by atoms with van der Waals surface area (Å²) in [6, 6.07) is 2.41. The number of benzene rings is 1. The first-order chi connectivity index (χ1) is 20.5. The lowest BCUT2D eigenvalue weighted by Gasteiger charge is -2.42. The number of hydrogen-bond donors (Lipinski definition) is 1. The lowest BCUT2D eigenvalue weighted by molar-refractivity contribution is -0.146. The van der Waals surface area contributed by atoms with E-state index in [-0.39, 0.29) is 41.9 Å². The summed E-state index contributed by atoms with van der Waals surface area (Å²) in [4.78, 5) is 49.7. The van der Waals surface area contributed by atoms with E-state index in [0.717, 1.165) is 31.7 Å². The van der Waals surface area contributed by atoms with E-state index < -0.39 is 34.9 Å². The molecule has 0 radical (unpaired) electrons. The molecular weight excluding hydrogens is 582 g/mol. The van der Waals surface area contributed by atoms with E-state index in [1.807, 2.05) is 39.5 Å². The molecule has 1 aromatic carbocycles. The van der Waals surface area contributed by atoms with Gasteiger partial charge in [-0.2, -0.15) is 12.6 Å². The number of halogens is 2. The van der Waals surface area contributed by atoms with Crippen LogP contribution in [0.5, 0.6) is 0 Å². The summed E-state index contributed by atoms with van der Waals surface area (Å²) in [7, 11) is 3.34. The second-order valence-corrected chi connectivity index (χ2v) is 15.1. The Hall–Kier alpha value is -2.46. The summed E-state index contributed by atoms with van der Waals surface area (Å²) < 4.78 is 29.1. The summed E-state index contributed by atoms with van der Waals surface area (Å²) in [5.74, 6) is -2.57. The highest BCUT2D eigenvalue weighted by molar-refractivity contribution is 7.80. The van der Waals surface area contributed by atoms with Crippen LogP contribution < -0.4 is 0 Å². The number of rotatable bonds is 7. The van der Waals surface area contributed by atoms with Crippen LogP contribution in [-0.2, 0) is 14.4 Å². The Balaban J connectivity index is 1.72. The van der Waals surface area contributed by atoms with Crippen molar-refractivity contribution in [2.75, 3.05) is 39.5 Å². The van der Waals surface area contributed by atoms with Crippen molar-refractivity contribution in [1.82, 2.24) is 19.6 Å². The van der Waals surface area contributed by atoms with Gasteiger partial charge in [0.2, 0.25) is 17.7 Å². The van der Waals surface area contributed by atoms with Crippen molar-refractivity contribution in [3.63, 3.8) is 0 Å². The Morgan fingerprint density at radius 1 is 1.00 bits per heavy atom. The van der Waals surface area contributed by atoms with Crippen molar-refractivity contribution < 1.29 is 23.2 Å². The summed E-state index contributed by atoms with van der Waals surface area (Å²) in [5, 5.41) is 0. The fourth-order valence-electron chi connectivity index (χ4n) is 7.06. The van der Waals surface area contributed by atoms with Gasteiger partial charge >= 0.3 is 0 Å². The molecule has 0 spiro atoms. The third-order valence-corrected chi connectivity index (χ3v) is 10.7. The SMILES string of the molecule is C=C1CCC(N(C(=O)C(C)(C)CS)[C@H]2C[C@@H](C(=O)N(C)C)N(C(=O)C3CN(C(C)(C)C)C[C@@H]3c3ccc(F)cc3F)C2)CC1. The monoisotopic (exact) mass is 632 g/mol. The van der Waals surface area contributed by atoms with Crippen LogP contribution in [0.15, 0.2) is 30.4 Å². The zero-order valence-electron chi connectivity index (χ0n) is 27.4. The maximum atomic E-state index is 15.2. The van der Waals surface area contributed by atoms with E-state index in [2.05, 4.69) is 24.1 Å². The molecule has 44 heavy (non-hydrogen) atoms. The number of amides is 3. The Bertz CT molecular complexity index is 1270. The van der Waals surface area contributed by atoms with Gasteiger partial charge in [0.25, 0.3) is 0 Å². The van der Waals surface area contributed by atoms with Crippen molar-refractivity contribution >= 4 is 30.4 Å². The third-order valence-electron chi connectivity index (χ3n) is 9.89. The molecule has 1 saturated carbocycles. The van der Waals surface area contributed by atoms with Gasteiger partial charge in [0.05, 0.1) is 17.4 Å². The lowest BCUT2D eigenvalue weighted by atomic mass is 9.86. The largest absolute Gasteiger partial charge is 0.347 e. The Labute approximate surface area is 267 Å². The van der Waals surface area contributed by atoms with Gasteiger partial charge in [-0.05, 0) is 64.5 Å². The summed E-state index contributed by atoms with van der Waals surface area (Å²) >= 11 is 4.49. The molecule has 7 nitrogen and oxygen atoms in total. The van der Waals surface area contributed by atoms with Gasteiger partial charge in [0.15, 0.2) is 0 Å². The number of nitrogens with zero attached hydrogens (tertiary/aromatic N) is 4. The maximum absolute atomic E-state index is 15.2. The molecule has 2 aliphatic heterocycles. The molecule has 3 amide bonds. The summed E-state index contributed by atoms with van der Waals surface area (Å²) in [5.41, 5.74) is 0.468. The minimum Gasteiger partial charge on any atom is -0.347 e. The second-order valence-electron chi connectivity index (χ2n) is 14.8. The molecule has 3 fully saturated rings. The van der Waals surface area contributed by atoms with Crippen LogP contribution in [0.3, 0.4) is 0 Å². The van der Waals surface area contributed by atoms with Crippen LogP contribution in [0, 0.1) is 23.0 Å². The van der Waals surface area contributed by atoms with Gasteiger partial charge in [0.1, 0.15) is 17.7 Å². The van der Waals surface area contributed by atoms with Crippen molar-refractivity contribution in [1.29, 1.82) is 0 Å². The number of hydrogen-bond acceptors (Lipinski definition) is 5. The van der Waals surface area contributed by atoms with Gasteiger partial charge in [0, 0.05) is 63.0 Å². The molecule has 10 heteroatoms. The number of thiol groups is 1. The molecule has 0 bridgehead atoms. The number of likely N-dealkylation sites (tertiary alicyclic amines) is 2. The van der Waals surface area contributed by atoms with Crippen molar-refractivity contribution in [2.24, 2.45) is 11.3 Å². The molecule has 244 valence electrons. The topological polar surface area (TPSA) is 64.2 Å². The van der Waals surface area contributed by atoms with Crippen molar-refractivity contribution in [3.8, 4) is 0 Å². The first-order valence-corrected chi connectivity index (χ1v) is 16.4. The van der Waals surface area contributed by atoms with Gasteiger partial charge in [-0.25, -0.2) is 8.78 Å². The molecule has 2 heterocycles. The van der Waals surface area contributed by atoms with E-state index in [0.29, 0.717) is 30.8 Å². The Morgan fingerprint density at radius 3 is 2.18 bits per heavy atom. The van der Waals surface area contributed by atoms with Crippen molar-refractivity contribution in [3.05, 3.63) is 47.5 Å². The quantitative estimate of drug-likeness (QED) is 0.335. The van der Waals surface area contributed by atoms with Gasteiger partial charge in [-0.15, -0.1) is 0 Å². The van der Waals surface area contributed by atoms with Crippen LogP contribution in [0.4, 0.5) is 8.78 Å². The molecule has 4 rings (SSSR count). The molecule has 3 aliphatic rings. The van der Waals surface area contributed by atoms with E-state index in [1.165, 1.54) is 22.6 Å². The highest BCUT2D eigenvalue weighted by atomic mass is 32.1. The average molecular weight is 633 g/mol. The van der Waals surface area contributed by atoms with Gasteiger partial charge in [-0.3, -0.25) is 19.3 Å². The van der Waals surface area contributed by atoms with Crippen LogP contribution >= 0.6 is 12.6 Å². The zero-order valence-corrected chi connectivity index (χ0v) is 28.3. The van der Waals surface area contributed by atoms with E-state index in [9.17, 15) is 18.8 Å². The van der Waals surface area contributed by atoms with Crippen LogP contribution in [-0.4, -0.2) is 100 Å². The molecule has 1 aliphatic carbocycles. The molecule has 1 aromatic rings. The van der Waals surface area contributed by atoms with E-state index in [1.54, 1.807) is 19.0 Å².